The molecule has 1 aliphatic carbocycles. The van der Waals surface area contributed by atoms with Gasteiger partial charge in [0.2, 0.25) is 0 Å². The number of nitrogens with one attached hydrogen (secondary N) is 2. The average Bonchev–Trinajstić information content (AvgIpc) is 3.18. The van der Waals surface area contributed by atoms with Crippen molar-refractivity contribution in [3.05, 3.63) is 88.5 Å². The lowest BCUT2D eigenvalue weighted by atomic mass is 9.85. The lowest BCUT2D eigenvalue weighted by molar-refractivity contribution is -0.116. The topological polar surface area (TPSA) is 76.0 Å². The maximum atomic E-state index is 13.5. The standard InChI is InChI=1S/C24H21FN4O2/c1-14-5-2-3-6-18(14)28-24(31)17-13-26-29-22(15-9-11-16(25)12-10-15)21-19(27-23(17)29)7-4-8-20(21)30/h2-3,5-6,9-13,22,27H,4,7-8H2,1H3,(H,28,31)/t22-/m0/s1. The number of allylic oxidation sites excluding steroid dienone is 2. The van der Waals surface area contributed by atoms with Crippen molar-refractivity contribution in [3.63, 3.8) is 0 Å². The highest BCUT2D eigenvalue weighted by Crippen LogP contribution is 2.41. The molecule has 6 nitrogen and oxygen atoms in total. The minimum Gasteiger partial charge on any atom is -0.343 e. The van der Waals surface area contributed by atoms with Crippen molar-refractivity contribution in [1.82, 2.24) is 9.78 Å². The maximum absolute atomic E-state index is 13.5. The number of anilines is 2. The van der Waals surface area contributed by atoms with E-state index in [0.29, 0.717) is 29.8 Å². The van der Waals surface area contributed by atoms with Crippen LogP contribution < -0.4 is 10.6 Å². The number of ketones is 1. The van der Waals surface area contributed by atoms with Crippen molar-refractivity contribution in [2.75, 3.05) is 10.6 Å². The van der Waals surface area contributed by atoms with Gasteiger partial charge in [-0.2, -0.15) is 5.10 Å². The first-order valence-corrected chi connectivity index (χ1v) is 10.3. The minimum atomic E-state index is -0.500. The lowest BCUT2D eigenvalue weighted by Gasteiger charge is -2.33. The Labute approximate surface area is 178 Å². The molecule has 2 aromatic carbocycles. The van der Waals surface area contributed by atoms with Gasteiger partial charge in [-0.15, -0.1) is 0 Å². The number of amides is 1. The lowest BCUT2D eigenvalue weighted by Crippen LogP contribution is -2.32. The molecule has 1 aromatic heterocycles. The number of hydrogen-bond donors (Lipinski definition) is 2. The summed E-state index contributed by atoms with van der Waals surface area (Å²) in [4.78, 5) is 25.9. The molecule has 0 radical (unpaired) electrons. The number of rotatable bonds is 3. The second-order valence-electron chi connectivity index (χ2n) is 7.87. The number of aryl methyl sites for hydroxylation is 1. The predicted octanol–water partition coefficient (Wildman–Crippen LogP) is 4.60. The first-order chi connectivity index (χ1) is 15.0. The third-order valence-corrected chi connectivity index (χ3v) is 5.86. The molecule has 2 heterocycles. The van der Waals surface area contributed by atoms with E-state index in [2.05, 4.69) is 15.7 Å². The molecule has 1 amide bonds. The molecule has 0 saturated carbocycles. The Bertz CT molecular complexity index is 1230. The Hall–Kier alpha value is -3.74. The van der Waals surface area contributed by atoms with Gasteiger partial charge < -0.3 is 10.6 Å². The monoisotopic (exact) mass is 416 g/mol. The highest BCUT2D eigenvalue weighted by Gasteiger charge is 2.37. The second-order valence-corrected chi connectivity index (χ2v) is 7.87. The summed E-state index contributed by atoms with van der Waals surface area (Å²) in [7, 11) is 0. The largest absolute Gasteiger partial charge is 0.343 e. The van der Waals surface area contributed by atoms with Gasteiger partial charge >= 0.3 is 0 Å². The summed E-state index contributed by atoms with van der Waals surface area (Å²) in [6.45, 7) is 1.93. The average molecular weight is 416 g/mol. The van der Waals surface area contributed by atoms with Gasteiger partial charge in [-0.1, -0.05) is 30.3 Å². The SMILES string of the molecule is Cc1ccccc1NC(=O)c1cnn2c1NC1=C(C(=O)CCC1)[C@@H]2c1ccc(F)cc1. The van der Waals surface area contributed by atoms with E-state index in [4.69, 9.17) is 0 Å². The first-order valence-electron chi connectivity index (χ1n) is 10.3. The molecule has 2 aliphatic rings. The number of benzene rings is 2. The summed E-state index contributed by atoms with van der Waals surface area (Å²) < 4.78 is 15.2. The van der Waals surface area contributed by atoms with E-state index >= 15 is 0 Å². The van der Waals surface area contributed by atoms with Gasteiger partial charge in [0.15, 0.2) is 5.78 Å². The van der Waals surface area contributed by atoms with Crippen LogP contribution in [-0.4, -0.2) is 21.5 Å². The smallest absolute Gasteiger partial charge is 0.261 e. The van der Waals surface area contributed by atoms with Crippen LogP contribution in [0.4, 0.5) is 15.9 Å². The summed E-state index contributed by atoms with van der Waals surface area (Å²) >= 11 is 0. The summed E-state index contributed by atoms with van der Waals surface area (Å²) in [5.41, 5.74) is 4.27. The fraction of sp³-hybridized carbons (Fsp3) is 0.208. The van der Waals surface area contributed by atoms with Crippen molar-refractivity contribution in [2.24, 2.45) is 0 Å². The number of carbonyl (C=O) groups is 2. The minimum absolute atomic E-state index is 0.0511. The zero-order valence-corrected chi connectivity index (χ0v) is 17.0. The van der Waals surface area contributed by atoms with Gasteiger partial charge in [0.05, 0.1) is 6.20 Å². The number of nitrogens with zero attached hydrogens (tertiary/aromatic N) is 2. The van der Waals surface area contributed by atoms with E-state index in [1.165, 1.54) is 18.3 Å². The zero-order chi connectivity index (χ0) is 21.5. The molecule has 3 aromatic rings. The number of para-hydroxylation sites is 1. The number of halogens is 1. The van der Waals surface area contributed by atoms with E-state index in [0.717, 1.165) is 28.9 Å². The predicted molar refractivity (Wildman–Crippen MR) is 115 cm³/mol. The Morgan fingerprint density at radius 1 is 1.16 bits per heavy atom. The summed E-state index contributed by atoms with van der Waals surface area (Å²) in [6.07, 6.45) is 3.44. The van der Waals surface area contributed by atoms with Gasteiger partial charge in [0.25, 0.3) is 5.91 Å². The van der Waals surface area contributed by atoms with Crippen molar-refractivity contribution >= 4 is 23.2 Å². The van der Waals surface area contributed by atoms with E-state index in [9.17, 15) is 14.0 Å². The van der Waals surface area contributed by atoms with Crippen molar-refractivity contribution < 1.29 is 14.0 Å². The van der Waals surface area contributed by atoms with E-state index < -0.39 is 6.04 Å². The van der Waals surface area contributed by atoms with Crippen LogP contribution in [0.15, 0.2) is 66.0 Å². The summed E-state index contributed by atoms with van der Waals surface area (Å²) in [5.74, 6) is -0.0445. The Kier molecular flexibility index (Phi) is 4.66. The van der Waals surface area contributed by atoms with Crippen LogP contribution >= 0.6 is 0 Å². The highest BCUT2D eigenvalue weighted by molar-refractivity contribution is 6.08. The van der Waals surface area contributed by atoms with Gasteiger partial charge in [-0.05, 0) is 49.1 Å². The number of fused-ring (bicyclic) bond motifs is 1. The molecule has 0 unspecified atom stereocenters. The van der Waals surface area contributed by atoms with Crippen LogP contribution in [0.3, 0.4) is 0 Å². The molecule has 0 bridgehead atoms. The van der Waals surface area contributed by atoms with Crippen LogP contribution in [0.5, 0.6) is 0 Å². The molecular weight excluding hydrogens is 395 g/mol. The molecule has 156 valence electrons. The molecule has 0 fully saturated rings. The normalized spacial score (nSPS) is 17.6. The fourth-order valence-corrected chi connectivity index (χ4v) is 4.28. The van der Waals surface area contributed by atoms with Gasteiger partial charge in [-0.3, -0.25) is 9.59 Å². The maximum Gasteiger partial charge on any atom is 0.261 e. The van der Waals surface area contributed by atoms with Crippen LogP contribution in [0.2, 0.25) is 0 Å². The van der Waals surface area contributed by atoms with E-state index in [-0.39, 0.29) is 17.5 Å². The van der Waals surface area contributed by atoms with E-state index in [1.807, 2.05) is 31.2 Å². The number of Topliss-reactive ketones (excluding diaryl/α,β-unsaturated/α-hetero) is 1. The second kappa shape index (κ2) is 7.50. The molecule has 31 heavy (non-hydrogen) atoms. The Morgan fingerprint density at radius 3 is 2.71 bits per heavy atom. The molecule has 0 spiro atoms. The molecule has 2 N–H and O–H groups in total. The summed E-state index contributed by atoms with van der Waals surface area (Å²) in [6, 6.07) is 13.1. The molecule has 5 rings (SSSR count). The molecule has 0 saturated heterocycles. The van der Waals surface area contributed by atoms with Crippen LogP contribution in [0.25, 0.3) is 0 Å². The van der Waals surface area contributed by atoms with E-state index in [1.54, 1.807) is 16.8 Å². The first kappa shape index (κ1) is 19.2. The third-order valence-electron chi connectivity index (χ3n) is 5.86. The quantitative estimate of drug-likeness (QED) is 0.654. The van der Waals surface area contributed by atoms with Gasteiger partial charge in [-0.25, -0.2) is 9.07 Å². The van der Waals surface area contributed by atoms with Crippen LogP contribution in [0, 0.1) is 12.7 Å². The molecule has 1 atom stereocenters. The molecule has 1 aliphatic heterocycles. The van der Waals surface area contributed by atoms with Crippen molar-refractivity contribution in [1.29, 1.82) is 0 Å². The highest BCUT2D eigenvalue weighted by atomic mass is 19.1. The number of hydrogen-bond acceptors (Lipinski definition) is 4. The Balaban J connectivity index is 1.58. The zero-order valence-electron chi connectivity index (χ0n) is 17.0. The summed E-state index contributed by atoms with van der Waals surface area (Å²) in [5, 5.41) is 10.7. The van der Waals surface area contributed by atoms with Gasteiger partial charge in [0.1, 0.15) is 23.2 Å². The van der Waals surface area contributed by atoms with Crippen molar-refractivity contribution in [2.45, 2.75) is 32.2 Å². The number of carbonyl (C=O) groups excluding carboxylic acids is 2. The fourth-order valence-electron chi connectivity index (χ4n) is 4.28. The van der Waals surface area contributed by atoms with Crippen LogP contribution in [0.1, 0.15) is 46.8 Å². The molecule has 7 heteroatoms. The Morgan fingerprint density at radius 2 is 1.94 bits per heavy atom. The van der Waals surface area contributed by atoms with Crippen molar-refractivity contribution in [3.8, 4) is 0 Å². The molecular formula is C24H21FN4O2. The van der Waals surface area contributed by atoms with Gasteiger partial charge in [0, 0.05) is 23.4 Å². The van der Waals surface area contributed by atoms with Crippen LogP contribution in [-0.2, 0) is 4.79 Å². The number of aromatic nitrogens is 2. The third kappa shape index (κ3) is 3.32.